The number of hydrogen-bond donors (Lipinski definition) is 2. The summed E-state index contributed by atoms with van der Waals surface area (Å²) in [4.78, 5) is 19.3. The Morgan fingerprint density at radius 1 is 1.16 bits per heavy atom. The number of nitrogens with one attached hydrogen (secondary N) is 2. The number of benzene rings is 1. The summed E-state index contributed by atoms with van der Waals surface area (Å²) in [6.45, 7) is 5.53. The maximum Gasteiger partial charge on any atom is 0.226 e. The SMILES string of the molecule is CCn1cccc1[C@@H]1[C@@H](c2ccccn2)NC(=S)N1CCC(=O)Nc1ccc(C)cc1. The molecule has 3 heterocycles. The van der Waals surface area contributed by atoms with Crippen molar-refractivity contribution in [1.29, 1.82) is 0 Å². The second-order valence-corrected chi connectivity index (χ2v) is 8.09. The zero-order valence-corrected chi connectivity index (χ0v) is 18.6. The Morgan fingerprint density at radius 2 is 1.97 bits per heavy atom. The molecular weight excluding hydrogens is 406 g/mol. The molecule has 1 amide bonds. The van der Waals surface area contributed by atoms with Gasteiger partial charge < -0.3 is 20.1 Å². The maximum atomic E-state index is 12.6. The molecule has 0 saturated carbocycles. The number of thiocarbonyl (C=S) groups is 1. The van der Waals surface area contributed by atoms with E-state index < -0.39 is 0 Å². The predicted octanol–water partition coefficient (Wildman–Crippen LogP) is 4.21. The molecule has 6 nitrogen and oxygen atoms in total. The number of hydrogen-bond acceptors (Lipinski definition) is 3. The number of amides is 1. The molecule has 1 fully saturated rings. The topological polar surface area (TPSA) is 62.2 Å². The van der Waals surface area contributed by atoms with Crippen molar-refractivity contribution >= 4 is 28.9 Å². The third kappa shape index (κ3) is 4.61. The Kier molecular flexibility index (Phi) is 6.32. The second-order valence-electron chi connectivity index (χ2n) is 7.70. The first-order chi connectivity index (χ1) is 15.1. The fourth-order valence-electron chi connectivity index (χ4n) is 4.03. The van der Waals surface area contributed by atoms with Gasteiger partial charge in [-0.05, 0) is 62.5 Å². The maximum absolute atomic E-state index is 12.6. The van der Waals surface area contributed by atoms with E-state index in [1.54, 1.807) is 6.20 Å². The molecule has 2 N–H and O–H groups in total. The van der Waals surface area contributed by atoms with Crippen LogP contribution >= 0.6 is 12.2 Å². The van der Waals surface area contributed by atoms with Crippen LogP contribution in [-0.2, 0) is 11.3 Å². The van der Waals surface area contributed by atoms with Gasteiger partial charge in [0.05, 0.1) is 17.8 Å². The number of nitrogens with zero attached hydrogens (tertiary/aromatic N) is 3. The van der Waals surface area contributed by atoms with E-state index in [2.05, 4.69) is 50.3 Å². The summed E-state index contributed by atoms with van der Waals surface area (Å²) < 4.78 is 2.22. The number of pyridine rings is 1. The molecule has 1 aliphatic rings. The van der Waals surface area contributed by atoms with Gasteiger partial charge in [0, 0.05) is 43.3 Å². The lowest BCUT2D eigenvalue weighted by atomic mass is 10.0. The Morgan fingerprint density at radius 3 is 2.68 bits per heavy atom. The lowest BCUT2D eigenvalue weighted by Crippen LogP contribution is -2.33. The van der Waals surface area contributed by atoms with Crippen LogP contribution in [0.5, 0.6) is 0 Å². The molecule has 0 spiro atoms. The first kappa shape index (κ1) is 21.1. The highest BCUT2D eigenvalue weighted by Crippen LogP contribution is 2.38. The third-order valence-electron chi connectivity index (χ3n) is 5.62. The number of carbonyl (C=O) groups excluding carboxylic acids is 1. The van der Waals surface area contributed by atoms with Gasteiger partial charge in [-0.1, -0.05) is 23.8 Å². The Bertz CT molecular complexity index is 1050. The summed E-state index contributed by atoms with van der Waals surface area (Å²) in [6, 6.07) is 17.8. The van der Waals surface area contributed by atoms with Gasteiger partial charge in [-0.3, -0.25) is 9.78 Å². The van der Waals surface area contributed by atoms with Crippen LogP contribution in [0.2, 0.25) is 0 Å². The van der Waals surface area contributed by atoms with Gasteiger partial charge in [0.15, 0.2) is 5.11 Å². The average molecular weight is 434 g/mol. The highest BCUT2D eigenvalue weighted by Gasteiger charge is 2.40. The van der Waals surface area contributed by atoms with Gasteiger partial charge in [0.25, 0.3) is 0 Å². The van der Waals surface area contributed by atoms with Gasteiger partial charge in [-0.25, -0.2) is 0 Å². The van der Waals surface area contributed by atoms with E-state index in [9.17, 15) is 4.79 Å². The molecule has 1 aromatic carbocycles. The second kappa shape index (κ2) is 9.31. The number of aryl methyl sites for hydroxylation is 2. The standard InChI is InChI=1S/C24H27N5OS/c1-3-28-15-6-8-20(28)23-22(19-7-4-5-14-25-19)27-24(31)29(23)16-13-21(30)26-18-11-9-17(2)10-12-18/h4-12,14-15,22-23H,3,13,16H2,1-2H3,(H,26,30)(H,27,31)/t22-,23-/m1/s1. The van der Waals surface area contributed by atoms with Crippen LogP contribution in [0.3, 0.4) is 0 Å². The van der Waals surface area contributed by atoms with Crippen LogP contribution in [0.1, 0.15) is 42.4 Å². The third-order valence-corrected chi connectivity index (χ3v) is 5.97. The first-order valence-corrected chi connectivity index (χ1v) is 11.0. The van der Waals surface area contributed by atoms with Gasteiger partial charge >= 0.3 is 0 Å². The normalized spacial score (nSPS) is 18.1. The van der Waals surface area contributed by atoms with Crippen LogP contribution in [0, 0.1) is 6.92 Å². The summed E-state index contributed by atoms with van der Waals surface area (Å²) in [6.07, 6.45) is 4.22. The van der Waals surface area contributed by atoms with Crippen molar-refractivity contribution in [2.75, 3.05) is 11.9 Å². The quantitative estimate of drug-likeness (QED) is 0.547. The first-order valence-electron chi connectivity index (χ1n) is 10.6. The van der Waals surface area contributed by atoms with E-state index in [1.807, 2.05) is 49.4 Å². The monoisotopic (exact) mass is 433 g/mol. The fourth-order valence-corrected chi connectivity index (χ4v) is 4.37. The average Bonchev–Trinajstić information content (AvgIpc) is 3.38. The van der Waals surface area contributed by atoms with E-state index in [0.29, 0.717) is 18.1 Å². The molecule has 0 aliphatic carbocycles. The van der Waals surface area contributed by atoms with E-state index in [1.165, 1.54) is 0 Å². The smallest absolute Gasteiger partial charge is 0.226 e. The van der Waals surface area contributed by atoms with Crippen LogP contribution in [0.4, 0.5) is 5.69 Å². The molecule has 7 heteroatoms. The summed E-state index contributed by atoms with van der Waals surface area (Å²) in [5, 5.41) is 7.06. The molecule has 160 valence electrons. The number of carbonyl (C=O) groups is 1. The highest BCUT2D eigenvalue weighted by atomic mass is 32.1. The fraction of sp³-hybridized carbons (Fsp3) is 0.292. The van der Waals surface area contributed by atoms with Crippen molar-refractivity contribution in [1.82, 2.24) is 19.8 Å². The molecule has 1 saturated heterocycles. The molecule has 0 unspecified atom stereocenters. The molecular formula is C24H27N5OS. The molecule has 2 atom stereocenters. The highest BCUT2D eigenvalue weighted by molar-refractivity contribution is 7.80. The lowest BCUT2D eigenvalue weighted by Gasteiger charge is -2.28. The summed E-state index contributed by atoms with van der Waals surface area (Å²) in [5.41, 5.74) is 4.06. The van der Waals surface area contributed by atoms with Crippen LogP contribution < -0.4 is 10.6 Å². The lowest BCUT2D eigenvalue weighted by molar-refractivity contribution is -0.116. The molecule has 2 aromatic heterocycles. The van der Waals surface area contributed by atoms with Gasteiger partial charge in [0.2, 0.25) is 5.91 Å². The largest absolute Gasteiger partial charge is 0.352 e. The minimum atomic E-state index is -0.0749. The molecule has 0 radical (unpaired) electrons. The van der Waals surface area contributed by atoms with E-state index in [-0.39, 0.29) is 18.0 Å². The Balaban J connectivity index is 1.54. The summed E-state index contributed by atoms with van der Waals surface area (Å²) >= 11 is 5.69. The molecule has 31 heavy (non-hydrogen) atoms. The van der Waals surface area contributed by atoms with Crippen molar-refractivity contribution in [3.63, 3.8) is 0 Å². The Hall–Kier alpha value is -3.19. The molecule has 4 rings (SSSR count). The number of rotatable bonds is 7. The Labute approximate surface area is 188 Å². The number of aromatic nitrogens is 2. The van der Waals surface area contributed by atoms with E-state index in [0.717, 1.165) is 29.2 Å². The van der Waals surface area contributed by atoms with Crippen LogP contribution in [0.15, 0.2) is 67.0 Å². The van der Waals surface area contributed by atoms with Crippen molar-refractivity contribution < 1.29 is 4.79 Å². The van der Waals surface area contributed by atoms with Gasteiger partial charge in [-0.2, -0.15) is 0 Å². The summed E-state index contributed by atoms with van der Waals surface area (Å²) in [7, 11) is 0. The van der Waals surface area contributed by atoms with E-state index >= 15 is 0 Å². The van der Waals surface area contributed by atoms with Crippen molar-refractivity contribution in [2.45, 2.75) is 38.9 Å². The zero-order valence-electron chi connectivity index (χ0n) is 17.8. The van der Waals surface area contributed by atoms with Gasteiger partial charge in [0.1, 0.15) is 0 Å². The molecule has 3 aromatic rings. The predicted molar refractivity (Wildman–Crippen MR) is 127 cm³/mol. The molecule has 1 aliphatic heterocycles. The van der Waals surface area contributed by atoms with Gasteiger partial charge in [-0.15, -0.1) is 0 Å². The zero-order chi connectivity index (χ0) is 21.8. The van der Waals surface area contributed by atoms with Crippen molar-refractivity contribution in [3.05, 3.63) is 83.9 Å². The van der Waals surface area contributed by atoms with E-state index in [4.69, 9.17) is 12.2 Å². The number of anilines is 1. The van der Waals surface area contributed by atoms with Crippen LogP contribution in [-0.4, -0.2) is 32.0 Å². The van der Waals surface area contributed by atoms with Crippen molar-refractivity contribution in [3.8, 4) is 0 Å². The minimum absolute atomic E-state index is 0.0300. The van der Waals surface area contributed by atoms with Crippen molar-refractivity contribution in [2.24, 2.45) is 0 Å². The summed E-state index contributed by atoms with van der Waals surface area (Å²) in [5.74, 6) is -0.0300. The minimum Gasteiger partial charge on any atom is -0.352 e. The molecule has 0 bridgehead atoms. The van der Waals surface area contributed by atoms with Crippen LogP contribution in [0.25, 0.3) is 0 Å².